The lowest BCUT2D eigenvalue weighted by Gasteiger charge is -2.17. The summed E-state index contributed by atoms with van der Waals surface area (Å²) in [6.07, 6.45) is 17.3. The van der Waals surface area contributed by atoms with E-state index in [2.05, 4.69) is 16.0 Å². The maximum Gasteiger partial charge on any atom is 0.326 e. The number of unbranched alkanes of at least 4 members (excludes halogenated alkanes) is 16. The van der Waals surface area contributed by atoms with E-state index < -0.39 is 77.9 Å². The van der Waals surface area contributed by atoms with Gasteiger partial charge in [0.1, 0.15) is 17.9 Å². The summed E-state index contributed by atoms with van der Waals surface area (Å²) >= 11 is 0. The highest BCUT2D eigenvalue weighted by Gasteiger charge is 2.26. The fraction of sp³-hybridized carbons (Fsp3) is 0.791. The molecule has 0 fully saturated rings. The molecule has 0 aromatic rings. The Morgan fingerprint density at radius 2 is 0.800 bits per heavy atom. The molecule has 8 N–H and O–H groups in total. The molecule has 3 amide bonds. The first kappa shape index (κ1) is 55.4. The number of carboxylic acids is 5. The lowest BCUT2D eigenvalue weighted by Crippen LogP contribution is -2.44. The minimum absolute atomic E-state index is 0.187. The van der Waals surface area contributed by atoms with Crippen LogP contribution < -0.4 is 16.0 Å². The molecule has 0 aromatic heterocycles. The van der Waals surface area contributed by atoms with Crippen LogP contribution in [0.3, 0.4) is 0 Å². The minimum atomic E-state index is -1.52. The van der Waals surface area contributed by atoms with Crippen molar-refractivity contribution in [1.82, 2.24) is 16.0 Å². The van der Waals surface area contributed by atoms with E-state index in [1.807, 2.05) is 0 Å². The molecule has 344 valence electrons. The predicted octanol–water partition coefficient (Wildman–Crippen LogP) is 6.24. The molecule has 17 nitrogen and oxygen atoms in total. The number of carbonyl (C=O) groups excluding carboxylic acids is 4. The van der Waals surface area contributed by atoms with Gasteiger partial charge in [-0.1, -0.05) is 103 Å². The molecule has 4 atom stereocenters. The average Bonchev–Trinajstić information content (AvgIpc) is 3.18. The summed E-state index contributed by atoms with van der Waals surface area (Å²) in [5.41, 5.74) is 0. The smallest absolute Gasteiger partial charge is 0.326 e. The number of ketones is 1. The predicted molar refractivity (Wildman–Crippen MR) is 222 cm³/mol. The number of carbonyl (C=O) groups is 9. The van der Waals surface area contributed by atoms with Crippen molar-refractivity contribution < 1.29 is 68.7 Å². The molecule has 0 heterocycles. The first-order valence-electron chi connectivity index (χ1n) is 22.0. The van der Waals surface area contributed by atoms with Gasteiger partial charge in [-0.3, -0.25) is 33.6 Å². The van der Waals surface area contributed by atoms with Gasteiger partial charge in [-0.25, -0.2) is 9.59 Å². The minimum Gasteiger partial charge on any atom is -0.481 e. The van der Waals surface area contributed by atoms with Crippen molar-refractivity contribution in [2.24, 2.45) is 11.8 Å². The number of nitrogens with one attached hydrogen (secondary N) is 3. The van der Waals surface area contributed by atoms with Gasteiger partial charge in [-0.05, 0) is 44.9 Å². The van der Waals surface area contributed by atoms with Crippen LogP contribution in [0.15, 0.2) is 0 Å². The molecule has 0 bridgehead atoms. The molecule has 0 aromatic carbocycles. The summed E-state index contributed by atoms with van der Waals surface area (Å²) in [6.45, 7) is 1.86. The third kappa shape index (κ3) is 32.3. The number of aliphatic carboxylic acids is 5. The van der Waals surface area contributed by atoms with Crippen LogP contribution in [0.4, 0.5) is 0 Å². The second-order valence-electron chi connectivity index (χ2n) is 15.9. The highest BCUT2D eigenvalue weighted by atomic mass is 16.4. The van der Waals surface area contributed by atoms with Crippen LogP contribution in [0, 0.1) is 11.8 Å². The highest BCUT2D eigenvalue weighted by molar-refractivity contribution is 5.87. The van der Waals surface area contributed by atoms with Crippen LogP contribution in [0.5, 0.6) is 0 Å². The van der Waals surface area contributed by atoms with Gasteiger partial charge in [0, 0.05) is 45.1 Å². The van der Waals surface area contributed by atoms with E-state index in [-0.39, 0.29) is 63.7 Å². The molecule has 0 saturated carbocycles. The van der Waals surface area contributed by atoms with Gasteiger partial charge >= 0.3 is 29.8 Å². The van der Waals surface area contributed by atoms with Gasteiger partial charge in [0.15, 0.2) is 0 Å². The molecule has 0 radical (unpaired) electrons. The maximum absolute atomic E-state index is 12.6. The number of rotatable bonds is 41. The van der Waals surface area contributed by atoms with Crippen LogP contribution in [0.1, 0.15) is 187 Å². The van der Waals surface area contributed by atoms with Crippen LogP contribution in [-0.2, 0) is 43.2 Å². The molecular formula is C43H73N3O14. The van der Waals surface area contributed by atoms with E-state index >= 15 is 0 Å². The third-order valence-electron chi connectivity index (χ3n) is 10.5. The molecule has 17 heteroatoms. The normalized spacial score (nSPS) is 13.0. The van der Waals surface area contributed by atoms with Crippen molar-refractivity contribution in [2.45, 2.75) is 199 Å². The first-order chi connectivity index (χ1) is 28.5. The molecule has 0 aliphatic rings. The quantitative estimate of drug-likeness (QED) is 0.0316. The lowest BCUT2D eigenvalue weighted by molar-refractivity contribution is -0.145. The Labute approximate surface area is 354 Å². The van der Waals surface area contributed by atoms with Crippen molar-refractivity contribution in [3.63, 3.8) is 0 Å². The number of hydrogen-bond donors (Lipinski definition) is 8. The van der Waals surface area contributed by atoms with E-state index in [0.29, 0.717) is 25.7 Å². The van der Waals surface area contributed by atoms with Gasteiger partial charge in [-0.2, -0.15) is 0 Å². The van der Waals surface area contributed by atoms with E-state index in [1.165, 1.54) is 51.4 Å². The molecular weight excluding hydrogens is 782 g/mol. The fourth-order valence-corrected chi connectivity index (χ4v) is 6.68. The van der Waals surface area contributed by atoms with Crippen molar-refractivity contribution in [3.05, 3.63) is 0 Å². The number of Topliss-reactive ketones (excluding diaryl/α,β-unsaturated/α-hetero) is 1. The Morgan fingerprint density at radius 1 is 0.400 bits per heavy atom. The Morgan fingerprint density at radius 3 is 1.20 bits per heavy atom. The van der Waals surface area contributed by atoms with Gasteiger partial charge in [0.05, 0.1) is 11.8 Å². The molecule has 0 rings (SSSR count). The van der Waals surface area contributed by atoms with Crippen molar-refractivity contribution in [3.8, 4) is 0 Å². The van der Waals surface area contributed by atoms with E-state index in [4.69, 9.17) is 10.2 Å². The van der Waals surface area contributed by atoms with Crippen molar-refractivity contribution in [2.75, 3.05) is 6.54 Å². The maximum atomic E-state index is 12.6. The summed E-state index contributed by atoms with van der Waals surface area (Å²) in [7, 11) is 0. The molecule has 0 aliphatic carbocycles. The van der Waals surface area contributed by atoms with Crippen LogP contribution >= 0.6 is 0 Å². The van der Waals surface area contributed by atoms with Crippen molar-refractivity contribution >= 4 is 53.4 Å². The van der Waals surface area contributed by atoms with Gasteiger partial charge in [0.25, 0.3) is 0 Å². The molecule has 0 saturated heterocycles. The summed E-state index contributed by atoms with van der Waals surface area (Å²) in [5.74, 6) is -9.57. The summed E-state index contributed by atoms with van der Waals surface area (Å²) in [6, 6.07) is -2.95. The summed E-state index contributed by atoms with van der Waals surface area (Å²) in [4.78, 5) is 106. The standard InChI is InChI=1S/C43H73N3O14/c1-31(40(53)54)20-18-19-29-44-36(48)27-24-34(42(57)58)46-38(50)28-25-35(43(59)60)45-37(49)26-23-32(41(55)56)30-33(47)21-16-14-12-10-8-6-4-2-3-5-7-9-11-13-15-17-22-39(51)52/h31-32,34-35H,2-30H2,1H3,(H,44,48)(H,45,49)(H,46,50)(H,51,52)(H,53,54)(H,55,56)(H,57,58)(H,59,60)/t31-,32+,34-,35-/m0/s1. The van der Waals surface area contributed by atoms with Crippen LogP contribution in [0.2, 0.25) is 0 Å². The number of amides is 3. The molecule has 0 spiro atoms. The Hall–Kier alpha value is -4.57. The highest BCUT2D eigenvalue weighted by Crippen LogP contribution is 2.18. The zero-order chi connectivity index (χ0) is 45.1. The van der Waals surface area contributed by atoms with Crippen LogP contribution in [-0.4, -0.2) is 97.5 Å². The van der Waals surface area contributed by atoms with Crippen molar-refractivity contribution in [1.29, 1.82) is 0 Å². The van der Waals surface area contributed by atoms with Gasteiger partial charge < -0.3 is 41.5 Å². The molecule has 0 unspecified atom stereocenters. The van der Waals surface area contributed by atoms with Gasteiger partial charge in [-0.15, -0.1) is 0 Å². The SMILES string of the molecule is C[C@@H](CCCCNC(=O)CC[C@H](NC(=O)CC[C@H](NC(=O)CC[C@H](CC(=O)CCCCCCCCCCCCCCCCCCC(=O)O)C(=O)O)C(=O)O)C(=O)O)C(=O)O. The lowest BCUT2D eigenvalue weighted by atomic mass is 9.94. The third-order valence-corrected chi connectivity index (χ3v) is 10.5. The molecule has 60 heavy (non-hydrogen) atoms. The second-order valence-corrected chi connectivity index (χ2v) is 15.9. The first-order valence-corrected chi connectivity index (χ1v) is 22.0. The zero-order valence-electron chi connectivity index (χ0n) is 35.7. The largest absolute Gasteiger partial charge is 0.481 e. The van der Waals surface area contributed by atoms with E-state index in [1.54, 1.807) is 6.92 Å². The monoisotopic (exact) mass is 856 g/mol. The Kier molecular flexibility index (Phi) is 32.5. The van der Waals surface area contributed by atoms with E-state index in [0.717, 1.165) is 44.9 Å². The second kappa shape index (κ2) is 35.2. The topological polar surface area (TPSA) is 291 Å². The zero-order valence-corrected chi connectivity index (χ0v) is 35.7. The Bertz CT molecular complexity index is 1320. The fourth-order valence-electron chi connectivity index (χ4n) is 6.68. The number of carboxylic acid groups (broad SMARTS) is 5. The van der Waals surface area contributed by atoms with Crippen LogP contribution in [0.25, 0.3) is 0 Å². The Balaban J connectivity index is 4.29. The van der Waals surface area contributed by atoms with E-state index in [9.17, 15) is 58.5 Å². The average molecular weight is 856 g/mol. The number of hydrogen-bond acceptors (Lipinski definition) is 9. The van der Waals surface area contributed by atoms with Gasteiger partial charge in [0.2, 0.25) is 17.7 Å². The molecule has 0 aliphatic heterocycles. The summed E-state index contributed by atoms with van der Waals surface area (Å²) < 4.78 is 0. The summed E-state index contributed by atoms with van der Waals surface area (Å²) in [5, 5.41) is 53.4.